The van der Waals surface area contributed by atoms with Crippen LogP contribution in [0.15, 0.2) is 0 Å². The maximum atomic E-state index is 12.1. The van der Waals surface area contributed by atoms with Crippen LogP contribution >= 0.6 is 11.3 Å². The number of aromatic nitrogens is 1. The summed E-state index contributed by atoms with van der Waals surface area (Å²) in [5.74, 6) is 0.0119. The van der Waals surface area contributed by atoms with Crippen LogP contribution in [-0.4, -0.2) is 48.9 Å². The number of anilines is 2. The SMILES string of the molecule is COCCNc1nc(N)c(C(=O)NC(CO)C(C)C)s1. The zero-order valence-electron chi connectivity index (χ0n) is 12.0. The van der Waals surface area contributed by atoms with Crippen LogP contribution in [0.3, 0.4) is 0 Å². The van der Waals surface area contributed by atoms with Gasteiger partial charge in [0.1, 0.15) is 10.7 Å². The van der Waals surface area contributed by atoms with Crippen LogP contribution in [0.5, 0.6) is 0 Å². The van der Waals surface area contributed by atoms with Crippen molar-refractivity contribution >= 4 is 28.2 Å². The maximum Gasteiger partial charge on any atom is 0.265 e. The molecule has 20 heavy (non-hydrogen) atoms. The highest BCUT2D eigenvalue weighted by molar-refractivity contribution is 7.18. The van der Waals surface area contributed by atoms with Crippen molar-refractivity contribution in [2.24, 2.45) is 5.92 Å². The first kappa shape index (κ1) is 16.7. The highest BCUT2D eigenvalue weighted by atomic mass is 32.1. The fraction of sp³-hybridized carbons (Fsp3) is 0.667. The maximum absolute atomic E-state index is 12.1. The van der Waals surface area contributed by atoms with E-state index < -0.39 is 0 Å². The lowest BCUT2D eigenvalue weighted by molar-refractivity contribution is 0.0901. The van der Waals surface area contributed by atoms with Crippen molar-refractivity contribution in [3.63, 3.8) is 0 Å². The summed E-state index contributed by atoms with van der Waals surface area (Å²) in [6, 6.07) is -0.297. The van der Waals surface area contributed by atoms with Crippen molar-refractivity contribution in [1.82, 2.24) is 10.3 Å². The molecule has 1 aromatic heterocycles. The Kier molecular flexibility index (Phi) is 6.69. The average Bonchev–Trinajstić information content (AvgIpc) is 2.77. The predicted molar refractivity (Wildman–Crippen MR) is 80.1 cm³/mol. The number of aliphatic hydroxyl groups excluding tert-OH is 1. The standard InChI is InChI=1S/C12H22N4O3S/c1-7(2)8(6-17)15-11(18)9-10(13)16-12(20-9)14-4-5-19-3/h7-8,17H,4-6,13H2,1-3H3,(H,14,16)(H,15,18). The lowest BCUT2D eigenvalue weighted by atomic mass is 10.1. The lowest BCUT2D eigenvalue weighted by Crippen LogP contribution is -2.41. The number of aliphatic hydroxyl groups is 1. The van der Waals surface area contributed by atoms with E-state index in [9.17, 15) is 9.90 Å². The van der Waals surface area contributed by atoms with Gasteiger partial charge in [0.15, 0.2) is 5.13 Å². The second-order valence-electron chi connectivity index (χ2n) is 4.66. The number of amides is 1. The monoisotopic (exact) mass is 302 g/mol. The molecule has 0 saturated heterocycles. The van der Waals surface area contributed by atoms with Crippen LogP contribution in [0.25, 0.3) is 0 Å². The van der Waals surface area contributed by atoms with E-state index in [0.29, 0.717) is 23.2 Å². The summed E-state index contributed by atoms with van der Waals surface area (Å²) in [7, 11) is 1.61. The molecule has 0 aromatic carbocycles. The molecule has 1 atom stereocenters. The Morgan fingerprint density at radius 1 is 1.55 bits per heavy atom. The molecule has 1 aromatic rings. The highest BCUT2D eigenvalue weighted by Gasteiger charge is 2.20. The first-order valence-corrected chi connectivity index (χ1v) is 7.22. The molecule has 1 rings (SSSR count). The van der Waals surface area contributed by atoms with Crippen LogP contribution in [0.1, 0.15) is 23.5 Å². The Balaban J connectivity index is 2.68. The molecule has 0 spiro atoms. The molecule has 7 nitrogen and oxygen atoms in total. The van der Waals surface area contributed by atoms with Gasteiger partial charge in [-0.2, -0.15) is 0 Å². The predicted octanol–water partition coefficient (Wildman–Crippen LogP) is 0.530. The number of nitrogens with two attached hydrogens (primary N) is 1. The largest absolute Gasteiger partial charge is 0.394 e. The van der Waals surface area contributed by atoms with E-state index in [1.165, 1.54) is 11.3 Å². The second kappa shape index (κ2) is 8.03. The van der Waals surface area contributed by atoms with Gasteiger partial charge in [-0.3, -0.25) is 4.79 Å². The minimum absolute atomic E-state index is 0.110. The summed E-state index contributed by atoms with van der Waals surface area (Å²) in [6.45, 7) is 4.88. The number of carbonyl (C=O) groups excluding carboxylic acids is 1. The van der Waals surface area contributed by atoms with Gasteiger partial charge >= 0.3 is 0 Å². The number of nitrogen functional groups attached to an aromatic ring is 1. The third-order valence-corrected chi connectivity index (χ3v) is 3.79. The quantitative estimate of drug-likeness (QED) is 0.522. The topological polar surface area (TPSA) is 110 Å². The van der Waals surface area contributed by atoms with Gasteiger partial charge < -0.3 is 26.2 Å². The van der Waals surface area contributed by atoms with Crippen molar-refractivity contribution in [2.75, 3.05) is 37.9 Å². The zero-order valence-corrected chi connectivity index (χ0v) is 12.8. The lowest BCUT2D eigenvalue weighted by Gasteiger charge is -2.19. The van der Waals surface area contributed by atoms with Crippen molar-refractivity contribution in [1.29, 1.82) is 0 Å². The number of methoxy groups -OCH3 is 1. The minimum Gasteiger partial charge on any atom is -0.394 e. The van der Waals surface area contributed by atoms with Gasteiger partial charge in [0.25, 0.3) is 5.91 Å². The van der Waals surface area contributed by atoms with Gasteiger partial charge in [-0.1, -0.05) is 25.2 Å². The highest BCUT2D eigenvalue weighted by Crippen LogP contribution is 2.24. The molecule has 0 radical (unpaired) electrons. The van der Waals surface area contributed by atoms with Gasteiger partial charge in [-0.25, -0.2) is 4.98 Å². The van der Waals surface area contributed by atoms with Gasteiger partial charge in [-0.05, 0) is 5.92 Å². The van der Waals surface area contributed by atoms with E-state index in [-0.39, 0.29) is 30.3 Å². The van der Waals surface area contributed by atoms with Gasteiger partial charge in [0, 0.05) is 13.7 Å². The molecule has 8 heteroatoms. The number of nitrogens with one attached hydrogen (secondary N) is 2. The number of hydrogen-bond donors (Lipinski definition) is 4. The summed E-state index contributed by atoms with van der Waals surface area (Å²) >= 11 is 1.19. The first-order valence-electron chi connectivity index (χ1n) is 6.40. The van der Waals surface area contributed by atoms with Gasteiger partial charge in [0.05, 0.1) is 19.3 Å². The summed E-state index contributed by atoms with van der Waals surface area (Å²) in [5, 5.41) is 15.6. The minimum atomic E-state index is -0.312. The Bertz CT molecular complexity index is 436. The van der Waals surface area contributed by atoms with Crippen LogP contribution in [-0.2, 0) is 4.74 Å². The molecule has 1 heterocycles. The molecule has 0 fully saturated rings. The van der Waals surface area contributed by atoms with E-state index in [1.54, 1.807) is 7.11 Å². The molecule has 5 N–H and O–H groups in total. The van der Waals surface area contributed by atoms with E-state index in [1.807, 2.05) is 13.8 Å². The van der Waals surface area contributed by atoms with E-state index in [0.717, 1.165) is 0 Å². The number of thiazole rings is 1. The summed E-state index contributed by atoms with van der Waals surface area (Å²) in [5.41, 5.74) is 5.74. The normalized spacial score (nSPS) is 12.4. The second-order valence-corrected chi connectivity index (χ2v) is 5.66. The van der Waals surface area contributed by atoms with E-state index in [2.05, 4.69) is 15.6 Å². The third-order valence-electron chi connectivity index (χ3n) is 2.76. The molecule has 114 valence electrons. The molecule has 0 saturated carbocycles. The van der Waals surface area contributed by atoms with Crippen molar-refractivity contribution < 1.29 is 14.6 Å². The van der Waals surface area contributed by atoms with Crippen LogP contribution in [0, 0.1) is 5.92 Å². The fourth-order valence-corrected chi connectivity index (χ4v) is 2.30. The van der Waals surface area contributed by atoms with E-state index in [4.69, 9.17) is 10.5 Å². The number of carbonyl (C=O) groups is 1. The molecule has 0 aliphatic carbocycles. The van der Waals surface area contributed by atoms with Crippen LogP contribution in [0.4, 0.5) is 10.9 Å². The van der Waals surface area contributed by atoms with Gasteiger partial charge in [0.2, 0.25) is 0 Å². The Labute approximate surface area is 122 Å². The number of hydrogen-bond acceptors (Lipinski definition) is 7. The molecule has 0 bridgehead atoms. The molecule has 0 aliphatic rings. The smallest absolute Gasteiger partial charge is 0.265 e. The van der Waals surface area contributed by atoms with Gasteiger partial charge in [-0.15, -0.1) is 0 Å². The summed E-state index contributed by atoms with van der Waals surface area (Å²) in [4.78, 5) is 16.5. The summed E-state index contributed by atoms with van der Waals surface area (Å²) < 4.78 is 4.92. The van der Waals surface area contributed by atoms with E-state index >= 15 is 0 Å². The Hall–Kier alpha value is -1.38. The number of nitrogens with zero attached hydrogens (tertiary/aromatic N) is 1. The van der Waals surface area contributed by atoms with Crippen LogP contribution in [0.2, 0.25) is 0 Å². The van der Waals surface area contributed by atoms with Crippen molar-refractivity contribution in [3.05, 3.63) is 4.88 Å². The van der Waals surface area contributed by atoms with Crippen LogP contribution < -0.4 is 16.4 Å². The first-order chi connectivity index (χ1) is 9.49. The number of rotatable bonds is 8. The zero-order chi connectivity index (χ0) is 15.1. The average molecular weight is 302 g/mol. The Morgan fingerprint density at radius 2 is 2.25 bits per heavy atom. The Morgan fingerprint density at radius 3 is 2.80 bits per heavy atom. The number of ether oxygens (including phenoxy) is 1. The molecule has 0 aliphatic heterocycles. The fourth-order valence-electron chi connectivity index (χ4n) is 1.49. The summed E-state index contributed by atoms with van der Waals surface area (Å²) in [6.07, 6.45) is 0. The molecular weight excluding hydrogens is 280 g/mol. The molecule has 1 unspecified atom stereocenters. The van der Waals surface area contributed by atoms with Crippen molar-refractivity contribution in [3.8, 4) is 0 Å². The molecular formula is C12H22N4O3S. The third kappa shape index (κ3) is 4.62. The van der Waals surface area contributed by atoms with Crippen molar-refractivity contribution in [2.45, 2.75) is 19.9 Å². The molecule has 1 amide bonds.